The van der Waals surface area contributed by atoms with Crippen molar-refractivity contribution >= 4 is 0 Å². The van der Waals surface area contributed by atoms with Crippen molar-refractivity contribution in [3.8, 4) is 0 Å². The largest absolute Gasteiger partial charge is 0.316 e. The monoisotopic (exact) mass is 279 g/mol. The van der Waals surface area contributed by atoms with Crippen LogP contribution in [0, 0.1) is 17.8 Å². The molecule has 1 nitrogen and oxygen atoms in total. The Bertz CT molecular complexity index is 234. The Morgan fingerprint density at radius 1 is 1.05 bits per heavy atom. The summed E-state index contributed by atoms with van der Waals surface area (Å²) in [6.45, 7) is 10.9. The van der Waals surface area contributed by atoms with Crippen LogP contribution in [0.4, 0.5) is 0 Å². The third-order valence-electron chi connectivity index (χ3n) is 4.76. The van der Waals surface area contributed by atoms with Crippen LogP contribution in [0.3, 0.4) is 0 Å². The molecule has 0 aromatic heterocycles. The standard InChI is InChI=1S/C19H37N/c1-4-5-6-7-9-12-18-13-10-8-11-14-19(18)16-20-15-17(2)3/h4,17-20H,1,5-16H2,2-3H3. The van der Waals surface area contributed by atoms with E-state index >= 15 is 0 Å². The normalized spacial score (nSPS) is 23.8. The first-order valence-electron chi connectivity index (χ1n) is 9.05. The highest BCUT2D eigenvalue weighted by Gasteiger charge is 2.22. The van der Waals surface area contributed by atoms with Crippen molar-refractivity contribution in [2.45, 2.75) is 78.1 Å². The number of unbranched alkanes of at least 4 members (excludes halogenated alkanes) is 3. The summed E-state index contributed by atoms with van der Waals surface area (Å²) in [4.78, 5) is 0. The molecule has 0 aromatic carbocycles. The van der Waals surface area contributed by atoms with Gasteiger partial charge in [-0.2, -0.15) is 0 Å². The van der Waals surface area contributed by atoms with Gasteiger partial charge in [0.05, 0.1) is 0 Å². The summed E-state index contributed by atoms with van der Waals surface area (Å²) in [5.74, 6) is 2.70. The molecule has 2 atom stereocenters. The Morgan fingerprint density at radius 3 is 2.50 bits per heavy atom. The van der Waals surface area contributed by atoms with Crippen molar-refractivity contribution in [1.29, 1.82) is 0 Å². The van der Waals surface area contributed by atoms with Gasteiger partial charge in [0.25, 0.3) is 0 Å². The predicted molar refractivity (Wildman–Crippen MR) is 91.1 cm³/mol. The molecular weight excluding hydrogens is 242 g/mol. The van der Waals surface area contributed by atoms with Crippen LogP contribution in [0.25, 0.3) is 0 Å². The van der Waals surface area contributed by atoms with E-state index in [4.69, 9.17) is 0 Å². The van der Waals surface area contributed by atoms with Crippen LogP contribution < -0.4 is 5.32 Å². The zero-order chi connectivity index (χ0) is 14.6. The van der Waals surface area contributed by atoms with Crippen LogP contribution in [0.2, 0.25) is 0 Å². The second-order valence-electron chi connectivity index (χ2n) is 7.14. The molecule has 0 aromatic rings. The summed E-state index contributed by atoms with van der Waals surface area (Å²) < 4.78 is 0. The lowest BCUT2D eigenvalue weighted by atomic mass is 9.83. The van der Waals surface area contributed by atoms with Crippen LogP contribution in [0.15, 0.2) is 12.7 Å². The molecule has 0 radical (unpaired) electrons. The number of rotatable bonds is 10. The number of hydrogen-bond acceptors (Lipinski definition) is 1. The minimum Gasteiger partial charge on any atom is -0.316 e. The Balaban J connectivity index is 2.27. The fraction of sp³-hybridized carbons (Fsp3) is 0.895. The first-order valence-corrected chi connectivity index (χ1v) is 9.05. The lowest BCUT2D eigenvalue weighted by Crippen LogP contribution is -2.30. The molecule has 0 bridgehead atoms. The van der Waals surface area contributed by atoms with Gasteiger partial charge in [-0.1, -0.05) is 64.9 Å². The van der Waals surface area contributed by atoms with Gasteiger partial charge in [0, 0.05) is 0 Å². The van der Waals surface area contributed by atoms with E-state index in [1.54, 1.807) is 0 Å². The molecule has 0 aliphatic heterocycles. The smallest absolute Gasteiger partial charge is 0.00178 e. The van der Waals surface area contributed by atoms with E-state index in [-0.39, 0.29) is 0 Å². The Hall–Kier alpha value is -0.300. The zero-order valence-electron chi connectivity index (χ0n) is 14.0. The summed E-state index contributed by atoms with van der Waals surface area (Å²) in [7, 11) is 0. The summed E-state index contributed by atoms with van der Waals surface area (Å²) in [6, 6.07) is 0. The van der Waals surface area contributed by atoms with Gasteiger partial charge in [-0.05, 0) is 50.1 Å². The SMILES string of the molecule is C=CCCCCCC1CCCCCC1CNCC(C)C. The molecule has 1 aliphatic carbocycles. The molecule has 2 unspecified atom stereocenters. The van der Waals surface area contributed by atoms with E-state index in [9.17, 15) is 0 Å². The first kappa shape index (κ1) is 17.8. The molecule has 0 saturated heterocycles. The number of hydrogen-bond donors (Lipinski definition) is 1. The summed E-state index contributed by atoms with van der Waals surface area (Å²) in [5.41, 5.74) is 0. The minimum absolute atomic E-state index is 0.776. The van der Waals surface area contributed by atoms with E-state index in [1.807, 2.05) is 0 Å². The fourth-order valence-corrected chi connectivity index (χ4v) is 3.54. The third-order valence-corrected chi connectivity index (χ3v) is 4.76. The summed E-state index contributed by atoms with van der Waals surface area (Å²) >= 11 is 0. The second-order valence-corrected chi connectivity index (χ2v) is 7.14. The third kappa shape index (κ3) is 8.09. The molecule has 118 valence electrons. The van der Waals surface area contributed by atoms with Crippen LogP contribution in [-0.4, -0.2) is 13.1 Å². The topological polar surface area (TPSA) is 12.0 Å². The van der Waals surface area contributed by atoms with Crippen molar-refractivity contribution in [2.75, 3.05) is 13.1 Å². The van der Waals surface area contributed by atoms with Crippen molar-refractivity contribution in [3.63, 3.8) is 0 Å². The maximum Gasteiger partial charge on any atom is -0.00178 e. The average Bonchev–Trinajstić information content (AvgIpc) is 2.64. The maximum absolute atomic E-state index is 3.81. The lowest BCUT2D eigenvalue weighted by molar-refractivity contribution is 0.273. The summed E-state index contributed by atoms with van der Waals surface area (Å²) in [5, 5.41) is 3.71. The van der Waals surface area contributed by atoms with Crippen LogP contribution in [-0.2, 0) is 0 Å². The van der Waals surface area contributed by atoms with Gasteiger partial charge in [-0.3, -0.25) is 0 Å². The van der Waals surface area contributed by atoms with Gasteiger partial charge < -0.3 is 5.32 Å². The molecule has 1 heteroatoms. The van der Waals surface area contributed by atoms with Crippen LogP contribution in [0.1, 0.15) is 78.1 Å². The van der Waals surface area contributed by atoms with E-state index in [0.29, 0.717) is 0 Å². The van der Waals surface area contributed by atoms with Crippen molar-refractivity contribution in [3.05, 3.63) is 12.7 Å². The average molecular weight is 280 g/mol. The van der Waals surface area contributed by atoms with Crippen LogP contribution >= 0.6 is 0 Å². The molecule has 1 fully saturated rings. The summed E-state index contributed by atoms with van der Waals surface area (Å²) in [6.07, 6.45) is 16.2. The van der Waals surface area contributed by atoms with E-state index in [1.165, 1.54) is 77.3 Å². The van der Waals surface area contributed by atoms with Crippen molar-refractivity contribution in [2.24, 2.45) is 17.8 Å². The molecule has 1 N–H and O–H groups in total. The molecule has 0 amide bonds. The maximum atomic E-state index is 3.81. The van der Waals surface area contributed by atoms with E-state index in [0.717, 1.165) is 17.8 Å². The van der Waals surface area contributed by atoms with Gasteiger partial charge in [-0.15, -0.1) is 6.58 Å². The Labute approximate surface area is 127 Å². The Morgan fingerprint density at radius 2 is 1.80 bits per heavy atom. The lowest BCUT2D eigenvalue weighted by Gasteiger charge is -2.26. The predicted octanol–water partition coefficient (Wildman–Crippen LogP) is 5.57. The van der Waals surface area contributed by atoms with Gasteiger partial charge in [0.1, 0.15) is 0 Å². The molecule has 1 rings (SSSR count). The van der Waals surface area contributed by atoms with Gasteiger partial charge in [0.2, 0.25) is 0 Å². The quantitative estimate of drug-likeness (QED) is 0.313. The second kappa shape index (κ2) is 11.4. The van der Waals surface area contributed by atoms with Crippen LogP contribution in [0.5, 0.6) is 0 Å². The fourth-order valence-electron chi connectivity index (χ4n) is 3.54. The minimum atomic E-state index is 0.776. The van der Waals surface area contributed by atoms with Gasteiger partial charge >= 0.3 is 0 Å². The van der Waals surface area contributed by atoms with Crippen molar-refractivity contribution < 1.29 is 0 Å². The molecule has 0 heterocycles. The first-order chi connectivity index (χ1) is 9.74. The van der Waals surface area contributed by atoms with Crippen molar-refractivity contribution in [1.82, 2.24) is 5.32 Å². The highest BCUT2D eigenvalue weighted by molar-refractivity contribution is 4.76. The Kier molecular flexibility index (Phi) is 10.1. The number of nitrogens with one attached hydrogen (secondary N) is 1. The molecule has 1 aliphatic rings. The molecule has 20 heavy (non-hydrogen) atoms. The zero-order valence-corrected chi connectivity index (χ0v) is 14.0. The highest BCUT2D eigenvalue weighted by Crippen LogP contribution is 2.32. The molecule has 1 saturated carbocycles. The molecular formula is C19H37N. The number of allylic oxidation sites excluding steroid dienone is 1. The van der Waals surface area contributed by atoms with Gasteiger partial charge in [0.15, 0.2) is 0 Å². The van der Waals surface area contributed by atoms with E-state index in [2.05, 4.69) is 31.8 Å². The highest BCUT2D eigenvalue weighted by atomic mass is 14.9. The van der Waals surface area contributed by atoms with E-state index < -0.39 is 0 Å². The molecule has 0 spiro atoms. The van der Waals surface area contributed by atoms with Gasteiger partial charge in [-0.25, -0.2) is 0 Å².